The molecule has 0 aromatic carbocycles. The summed E-state index contributed by atoms with van der Waals surface area (Å²) >= 11 is 0. The second kappa shape index (κ2) is 5.63. The molecular weight excluding hydrogens is 272 g/mol. The maximum absolute atomic E-state index is 11.2. The van der Waals surface area contributed by atoms with Crippen molar-refractivity contribution in [2.24, 2.45) is 22.7 Å². The van der Waals surface area contributed by atoms with Gasteiger partial charge in [0.2, 0.25) is 0 Å². The number of rotatable bonds is 4. The largest absolute Gasteiger partial charge is 0.368 e. The highest BCUT2D eigenvalue weighted by Crippen LogP contribution is 2.61. The van der Waals surface area contributed by atoms with Gasteiger partial charge in [0.1, 0.15) is 12.4 Å². The van der Waals surface area contributed by atoms with Crippen LogP contribution in [0.4, 0.5) is 0 Å². The molecular formula is C20H30O2. The Hall–Kier alpha value is -0.890. The second-order valence-corrected chi connectivity index (χ2v) is 8.53. The first-order valence-corrected chi connectivity index (χ1v) is 8.83. The predicted molar refractivity (Wildman–Crippen MR) is 89.6 cm³/mol. The van der Waals surface area contributed by atoms with E-state index in [2.05, 4.69) is 33.4 Å². The molecule has 2 saturated carbocycles. The zero-order chi connectivity index (χ0) is 16.0. The lowest BCUT2D eigenvalue weighted by Crippen LogP contribution is -2.49. The van der Waals surface area contributed by atoms with Crippen molar-refractivity contribution in [1.29, 1.82) is 0 Å². The topological polar surface area (TPSA) is 29.6 Å². The van der Waals surface area contributed by atoms with Gasteiger partial charge in [-0.25, -0.2) is 0 Å². The Balaban J connectivity index is 1.84. The summed E-state index contributed by atoms with van der Waals surface area (Å²) in [5, 5.41) is 0. The molecule has 22 heavy (non-hydrogen) atoms. The number of carbonyl (C=O) groups is 1. The lowest BCUT2D eigenvalue weighted by Gasteiger charge is -2.58. The minimum absolute atomic E-state index is 0.0701. The highest BCUT2D eigenvalue weighted by atomic mass is 16.6. The fourth-order valence-corrected chi connectivity index (χ4v) is 5.46. The molecule has 1 heterocycles. The van der Waals surface area contributed by atoms with Crippen LogP contribution in [0.5, 0.6) is 0 Å². The predicted octanol–water partition coefficient (Wildman–Crippen LogP) is 4.70. The molecule has 2 aliphatic carbocycles. The molecule has 3 aliphatic rings. The van der Waals surface area contributed by atoms with E-state index in [0.717, 1.165) is 30.6 Å². The number of hydrogen-bond donors (Lipinski definition) is 0. The van der Waals surface area contributed by atoms with Crippen LogP contribution in [0.25, 0.3) is 0 Å². The fourth-order valence-electron chi connectivity index (χ4n) is 5.46. The molecule has 0 aromatic heterocycles. The van der Waals surface area contributed by atoms with Gasteiger partial charge in [-0.15, -0.1) is 0 Å². The number of fused-ring (bicyclic) bond motifs is 1. The van der Waals surface area contributed by atoms with Crippen LogP contribution in [-0.2, 0) is 9.53 Å². The summed E-state index contributed by atoms with van der Waals surface area (Å²) in [6, 6.07) is 0. The van der Waals surface area contributed by atoms with Gasteiger partial charge in [0.15, 0.2) is 0 Å². The quantitative estimate of drug-likeness (QED) is 0.326. The molecule has 2 heteroatoms. The third kappa shape index (κ3) is 2.71. The fraction of sp³-hybridized carbons (Fsp3) is 0.750. The molecule has 0 bridgehead atoms. The molecule has 0 aromatic rings. The summed E-state index contributed by atoms with van der Waals surface area (Å²) in [6.45, 7) is 12.5. The van der Waals surface area contributed by atoms with Crippen molar-refractivity contribution in [2.45, 2.75) is 65.4 Å². The van der Waals surface area contributed by atoms with Crippen LogP contribution in [0.3, 0.4) is 0 Å². The summed E-state index contributed by atoms with van der Waals surface area (Å²) in [6.07, 6.45) is 10.5. The average Bonchev–Trinajstić information content (AvgIpc) is 3.25. The summed E-state index contributed by atoms with van der Waals surface area (Å²) in [4.78, 5) is 11.2. The van der Waals surface area contributed by atoms with Gasteiger partial charge in [0.25, 0.3) is 0 Å². The lowest BCUT2D eigenvalue weighted by atomic mass is 9.47. The van der Waals surface area contributed by atoms with E-state index in [0.29, 0.717) is 23.4 Å². The van der Waals surface area contributed by atoms with Gasteiger partial charge >= 0.3 is 0 Å². The van der Waals surface area contributed by atoms with Gasteiger partial charge < -0.3 is 4.74 Å². The van der Waals surface area contributed by atoms with E-state index in [1.807, 2.05) is 0 Å². The van der Waals surface area contributed by atoms with Crippen molar-refractivity contribution in [3.05, 3.63) is 23.8 Å². The molecule has 1 saturated heterocycles. The zero-order valence-corrected chi connectivity index (χ0v) is 14.4. The highest BCUT2D eigenvalue weighted by molar-refractivity contribution is 5.75. The Morgan fingerprint density at radius 2 is 2.09 bits per heavy atom. The highest BCUT2D eigenvalue weighted by Gasteiger charge is 2.52. The van der Waals surface area contributed by atoms with Crippen LogP contribution in [0, 0.1) is 22.7 Å². The Morgan fingerprint density at radius 3 is 2.73 bits per heavy atom. The number of carbonyl (C=O) groups excluding carboxylic acids is 1. The molecule has 2 nitrogen and oxygen atoms in total. The lowest BCUT2D eigenvalue weighted by molar-refractivity contribution is -0.105. The minimum Gasteiger partial charge on any atom is -0.368 e. The van der Waals surface area contributed by atoms with E-state index in [1.165, 1.54) is 31.3 Å². The van der Waals surface area contributed by atoms with Gasteiger partial charge in [0.05, 0.1) is 6.61 Å². The Kier molecular flexibility index (Phi) is 4.09. The first-order chi connectivity index (χ1) is 10.4. The number of ether oxygens (including phenoxy) is 1. The van der Waals surface area contributed by atoms with Crippen molar-refractivity contribution in [1.82, 2.24) is 0 Å². The van der Waals surface area contributed by atoms with Crippen molar-refractivity contribution in [3.8, 4) is 0 Å². The number of epoxide rings is 1. The van der Waals surface area contributed by atoms with Gasteiger partial charge in [0, 0.05) is 5.57 Å². The number of allylic oxidation sites excluding steroid dienone is 2. The molecule has 3 fully saturated rings. The summed E-state index contributed by atoms with van der Waals surface area (Å²) < 4.78 is 5.27. The molecule has 4 unspecified atom stereocenters. The Morgan fingerprint density at radius 1 is 1.36 bits per heavy atom. The maximum Gasteiger partial charge on any atom is 0.148 e. The molecule has 1 aliphatic heterocycles. The SMILES string of the molecule is C=C1CCC2C(C)(C)CCCC2(C)C1CC=C(C=O)C1CO1. The van der Waals surface area contributed by atoms with Crippen LogP contribution < -0.4 is 0 Å². The van der Waals surface area contributed by atoms with Crippen molar-refractivity contribution in [2.75, 3.05) is 6.61 Å². The average molecular weight is 302 g/mol. The summed E-state index contributed by atoms with van der Waals surface area (Å²) in [5.74, 6) is 1.29. The van der Waals surface area contributed by atoms with E-state index in [4.69, 9.17) is 4.74 Å². The molecule has 0 spiro atoms. The first kappa shape index (κ1) is 16.0. The molecule has 4 atom stereocenters. The van der Waals surface area contributed by atoms with E-state index >= 15 is 0 Å². The zero-order valence-electron chi connectivity index (χ0n) is 14.4. The smallest absolute Gasteiger partial charge is 0.148 e. The van der Waals surface area contributed by atoms with Crippen molar-refractivity contribution >= 4 is 6.29 Å². The summed E-state index contributed by atoms with van der Waals surface area (Å²) in [5.41, 5.74) is 3.01. The first-order valence-electron chi connectivity index (χ1n) is 8.83. The van der Waals surface area contributed by atoms with Crippen LogP contribution in [0.15, 0.2) is 23.8 Å². The monoisotopic (exact) mass is 302 g/mol. The van der Waals surface area contributed by atoms with Gasteiger partial charge in [-0.3, -0.25) is 4.79 Å². The second-order valence-electron chi connectivity index (χ2n) is 8.53. The Bertz CT molecular complexity index is 498. The van der Waals surface area contributed by atoms with E-state index < -0.39 is 0 Å². The van der Waals surface area contributed by atoms with E-state index in [1.54, 1.807) is 0 Å². The minimum atomic E-state index is 0.0701. The molecule has 3 rings (SSSR count). The van der Waals surface area contributed by atoms with Crippen molar-refractivity contribution in [3.63, 3.8) is 0 Å². The third-order valence-corrected chi connectivity index (χ3v) is 6.75. The normalized spacial score (nSPS) is 41.0. The van der Waals surface area contributed by atoms with E-state index in [-0.39, 0.29) is 6.10 Å². The van der Waals surface area contributed by atoms with Crippen LogP contribution >= 0.6 is 0 Å². The standard InChI is InChI=1S/C20H30O2/c1-14-6-9-18-19(2,3)10-5-11-20(18,4)16(14)8-7-15(12-21)17-13-22-17/h7,12,16-18H,1,5-6,8-11,13H2,2-4H3. The van der Waals surface area contributed by atoms with Crippen LogP contribution in [0.2, 0.25) is 0 Å². The number of aldehydes is 1. The molecule has 0 radical (unpaired) electrons. The maximum atomic E-state index is 11.2. The number of hydrogen-bond acceptors (Lipinski definition) is 2. The molecule has 122 valence electrons. The van der Waals surface area contributed by atoms with E-state index in [9.17, 15) is 4.79 Å². The van der Waals surface area contributed by atoms with Gasteiger partial charge in [-0.2, -0.15) is 0 Å². The van der Waals surface area contributed by atoms with Crippen LogP contribution in [0.1, 0.15) is 59.3 Å². The van der Waals surface area contributed by atoms with Gasteiger partial charge in [-0.1, -0.05) is 45.4 Å². The van der Waals surface area contributed by atoms with Gasteiger partial charge in [-0.05, 0) is 54.8 Å². The molecule has 0 amide bonds. The van der Waals surface area contributed by atoms with Crippen molar-refractivity contribution < 1.29 is 9.53 Å². The third-order valence-electron chi connectivity index (χ3n) is 6.75. The Labute approximate surface area is 135 Å². The summed E-state index contributed by atoms with van der Waals surface area (Å²) in [7, 11) is 0. The van der Waals surface area contributed by atoms with Crippen LogP contribution in [-0.4, -0.2) is 19.0 Å². The molecule has 0 N–H and O–H groups in total.